The van der Waals surface area contributed by atoms with E-state index in [1.807, 2.05) is 0 Å². The van der Waals surface area contributed by atoms with Crippen molar-refractivity contribution in [2.75, 3.05) is 4.90 Å². The number of amides is 2. The van der Waals surface area contributed by atoms with Crippen LogP contribution >= 0.6 is 0 Å². The van der Waals surface area contributed by atoms with Crippen LogP contribution in [0, 0.1) is 0 Å². The number of pyridine rings is 1. The van der Waals surface area contributed by atoms with E-state index in [0.29, 0.717) is 5.69 Å². The average Bonchev–Trinajstić information content (AvgIpc) is 2.67. The molecule has 2 heterocycles. The van der Waals surface area contributed by atoms with Crippen molar-refractivity contribution in [3.8, 4) is 0 Å². The van der Waals surface area contributed by atoms with Crippen molar-refractivity contribution < 1.29 is 19.5 Å². The van der Waals surface area contributed by atoms with Gasteiger partial charge in [-0.3, -0.25) is 9.59 Å². The van der Waals surface area contributed by atoms with Crippen molar-refractivity contribution in [3.05, 3.63) is 30.0 Å². The Kier molecular flexibility index (Phi) is 3.18. The van der Waals surface area contributed by atoms with Gasteiger partial charge in [-0.2, -0.15) is 0 Å². The van der Waals surface area contributed by atoms with Gasteiger partial charge in [0.1, 0.15) is 5.82 Å². The smallest absolute Gasteiger partial charge is 0.328 e. The molecule has 2 amide bonds. The molecule has 92 valence electrons. The van der Waals surface area contributed by atoms with Crippen LogP contribution in [0.2, 0.25) is 0 Å². The van der Waals surface area contributed by atoms with E-state index in [0.717, 1.165) is 11.0 Å². The van der Waals surface area contributed by atoms with Crippen molar-refractivity contribution >= 4 is 29.7 Å². The van der Waals surface area contributed by atoms with Crippen LogP contribution in [0.1, 0.15) is 18.5 Å². The average molecular weight is 246 g/mol. The summed E-state index contributed by atoms with van der Waals surface area (Å²) in [6, 6.07) is 4.75. The number of aliphatic carboxylic acids is 1. The molecule has 0 aromatic carbocycles. The second-order valence-corrected chi connectivity index (χ2v) is 3.72. The number of imide groups is 1. The summed E-state index contributed by atoms with van der Waals surface area (Å²) in [7, 11) is 0. The predicted octanol–water partition coefficient (Wildman–Crippen LogP) is 0.833. The highest BCUT2D eigenvalue weighted by atomic mass is 16.4. The molecule has 2 rings (SSSR count). The minimum absolute atomic E-state index is 0.190. The Labute approximate surface area is 103 Å². The third-order valence-electron chi connectivity index (χ3n) is 2.43. The van der Waals surface area contributed by atoms with Crippen LogP contribution in [0.5, 0.6) is 0 Å². The Morgan fingerprint density at radius 2 is 1.94 bits per heavy atom. The topological polar surface area (TPSA) is 87.6 Å². The molecule has 6 heteroatoms. The summed E-state index contributed by atoms with van der Waals surface area (Å²) in [5.41, 5.74) is 0.377. The molecule has 1 fully saturated rings. The van der Waals surface area contributed by atoms with Crippen LogP contribution in [-0.2, 0) is 14.4 Å². The molecule has 1 aromatic rings. The molecule has 0 bridgehead atoms. The van der Waals surface area contributed by atoms with E-state index < -0.39 is 5.97 Å². The summed E-state index contributed by atoms with van der Waals surface area (Å²) >= 11 is 0. The molecule has 1 N–H and O–H groups in total. The van der Waals surface area contributed by atoms with Gasteiger partial charge in [0.05, 0.1) is 5.69 Å². The largest absolute Gasteiger partial charge is 0.478 e. The number of rotatable bonds is 3. The fourth-order valence-corrected chi connectivity index (χ4v) is 1.65. The Bertz CT molecular complexity index is 535. The summed E-state index contributed by atoms with van der Waals surface area (Å²) in [6.07, 6.45) is 2.63. The van der Waals surface area contributed by atoms with Crippen molar-refractivity contribution in [2.45, 2.75) is 12.8 Å². The van der Waals surface area contributed by atoms with Crippen LogP contribution in [0.15, 0.2) is 24.3 Å². The highest BCUT2D eigenvalue weighted by Crippen LogP contribution is 2.20. The number of carboxylic acid groups (broad SMARTS) is 1. The van der Waals surface area contributed by atoms with Crippen LogP contribution < -0.4 is 4.90 Å². The van der Waals surface area contributed by atoms with Crippen LogP contribution in [0.3, 0.4) is 0 Å². The fraction of sp³-hybridized carbons (Fsp3) is 0.167. The van der Waals surface area contributed by atoms with Gasteiger partial charge in [0.2, 0.25) is 11.8 Å². The second kappa shape index (κ2) is 4.79. The minimum Gasteiger partial charge on any atom is -0.478 e. The normalized spacial score (nSPS) is 15.7. The zero-order valence-corrected chi connectivity index (χ0v) is 9.37. The Morgan fingerprint density at radius 3 is 2.56 bits per heavy atom. The number of carboxylic acids is 1. The number of hydrogen-bond donors (Lipinski definition) is 1. The quantitative estimate of drug-likeness (QED) is 0.630. The molecular formula is C12H10N2O4. The molecule has 0 atom stereocenters. The maximum Gasteiger partial charge on any atom is 0.328 e. The van der Waals surface area contributed by atoms with Crippen LogP contribution in [0.25, 0.3) is 6.08 Å². The summed E-state index contributed by atoms with van der Waals surface area (Å²) in [6.45, 7) is 0. The van der Waals surface area contributed by atoms with Gasteiger partial charge < -0.3 is 5.11 Å². The lowest BCUT2D eigenvalue weighted by molar-refractivity contribution is -0.131. The van der Waals surface area contributed by atoms with Gasteiger partial charge in [-0.05, 0) is 18.2 Å². The van der Waals surface area contributed by atoms with Crippen molar-refractivity contribution in [3.63, 3.8) is 0 Å². The van der Waals surface area contributed by atoms with Crippen LogP contribution in [0.4, 0.5) is 5.82 Å². The first-order valence-corrected chi connectivity index (χ1v) is 5.32. The van der Waals surface area contributed by atoms with Gasteiger partial charge in [0.25, 0.3) is 0 Å². The van der Waals surface area contributed by atoms with E-state index in [-0.39, 0.29) is 30.5 Å². The Hall–Kier alpha value is -2.50. The number of anilines is 1. The molecule has 18 heavy (non-hydrogen) atoms. The maximum absolute atomic E-state index is 11.5. The molecule has 1 aromatic heterocycles. The summed E-state index contributed by atoms with van der Waals surface area (Å²) in [4.78, 5) is 38.5. The monoisotopic (exact) mass is 246 g/mol. The van der Waals surface area contributed by atoms with E-state index in [9.17, 15) is 14.4 Å². The second-order valence-electron chi connectivity index (χ2n) is 3.72. The van der Waals surface area contributed by atoms with Gasteiger partial charge in [-0.15, -0.1) is 0 Å². The number of carbonyl (C=O) groups is 3. The SMILES string of the molecule is O=C(O)/C=C/c1cccc(N2C(=O)CCC2=O)n1. The van der Waals surface area contributed by atoms with Gasteiger partial charge in [0.15, 0.2) is 0 Å². The first-order valence-electron chi connectivity index (χ1n) is 5.32. The zero-order valence-electron chi connectivity index (χ0n) is 9.37. The molecule has 0 spiro atoms. The lowest BCUT2D eigenvalue weighted by atomic mass is 10.3. The first kappa shape index (κ1) is 12.0. The lowest BCUT2D eigenvalue weighted by Gasteiger charge is -2.12. The third kappa shape index (κ3) is 2.42. The molecule has 0 unspecified atom stereocenters. The minimum atomic E-state index is -1.09. The van der Waals surface area contributed by atoms with Crippen molar-refractivity contribution in [2.24, 2.45) is 0 Å². The number of hydrogen-bond acceptors (Lipinski definition) is 4. The zero-order chi connectivity index (χ0) is 13.1. The van der Waals surface area contributed by atoms with E-state index in [1.165, 1.54) is 6.08 Å². The van der Waals surface area contributed by atoms with Gasteiger partial charge in [0, 0.05) is 18.9 Å². The van der Waals surface area contributed by atoms with Crippen LogP contribution in [-0.4, -0.2) is 27.9 Å². The highest BCUT2D eigenvalue weighted by Gasteiger charge is 2.31. The Balaban J connectivity index is 2.29. The molecule has 1 aliphatic rings. The molecule has 6 nitrogen and oxygen atoms in total. The number of carbonyl (C=O) groups excluding carboxylic acids is 2. The first-order chi connectivity index (χ1) is 8.58. The van der Waals surface area contributed by atoms with Crippen molar-refractivity contribution in [1.29, 1.82) is 0 Å². The van der Waals surface area contributed by atoms with Gasteiger partial charge >= 0.3 is 5.97 Å². The Morgan fingerprint density at radius 1 is 1.28 bits per heavy atom. The maximum atomic E-state index is 11.5. The summed E-state index contributed by atoms with van der Waals surface area (Å²) < 4.78 is 0. The predicted molar refractivity (Wildman–Crippen MR) is 62.6 cm³/mol. The standard InChI is InChI=1S/C12H10N2O4/c15-10-5-6-11(16)14(10)9-3-1-2-8(13-9)4-7-12(17)18/h1-4,7H,5-6H2,(H,17,18)/b7-4+. The summed E-state index contributed by atoms with van der Waals surface area (Å²) in [5, 5.41) is 8.51. The van der Waals surface area contributed by atoms with E-state index in [1.54, 1.807) is 18.2 Å². The molecule has 1 aliphatic heterocycles. The molecule has 1 saturated heterocycles. The van der Waals surface area contributed by atoms with E-state index in [4.69, 9.17) is 5.11 Å². The molecular weight excluding hydrogens is 236 g/mol. The number of aromatic nitrogens is 1. The summed E-state index contributed by atoms with van der Waals surface area (Å²) in [5.74, 6) is -1.43. The van der Waals surface area contributed by atoms with Crippen molar-refractivity contribution in [1.82, 2.24) is 4.98 Å². The highest BCUT2D eigenvalue weighted by molar-refractivity contribution is 6.19. The molecule has 0 saturated carbocycles. The molecule has 0 radical (unpaired) electrons. The van der Waals surface area contributed by atoms with E-state index >= 15 is 0 Å². The third-order valence-corrected chi connectivity index (χ3v) is 2.43. The lowest BCUT2D eigenvalue weighted by Crippen LogP contribution is -2.29. The van der Waals surface area contributed by atoms with E-state index in [2.05, 4.69) is 4.98 Å². The molecule has 0 aliphatic carbocycles. The van der Waals surface area contributed by atoms with Gasteiger partial charge in [-0.1, -0.05) is 6.07 Å². The number of nitrogens with zero attached hydrogens (tertiary/aromatic N) is 2. The van der Waals surface area contributed by atoms with Gasteiger partial charge in [-0.25, -0.2) is 14.7 Å². The fourth-order valence-electron chi connectivity index (χ4n) is 1.65.